The second-order valence-electron chi connectivity index (χ2n) is 5.18. The van der Waals surface area contributed by atoms with Crippen molar-refractivity contribution in [1.82, 2.24) is 14.6 Å². The molecule has 0 spiro atoms. The average Bonchev–Trinajstić information content (AvgIpc) is 2.90. The van der Waals surface area contributed by atoms with Gasteiger partial charge in [0.15, 0.2) is 5.65 Å². The van der Waals surface area contributed by atoms with Crippen LogP contribution in [-0.2, 0) is 6.42 Å². The van der Waals surface area contributed by atoms with Gasteiger partial charge in [0.05, 0.1) is 6.20 Å². The number of hydrogen-bond donors (Lipinski definition) is 0. The standard InChI is InChI=1S/C18H17N3/c1-14-6-5-8-16(12-14)7-3-4-9-17-15(2)13-21-18(20-17)10-11-19-21/h5-6,8,10-13H,4,9H2,1-2H3. The van der Waals surface area contributed by atoms with Crippen molar-refractivity contribution < 1.29 is 0 Å². The van der Waals surface area contributed by atoms with Crippen molar-refractivity contribution in [1.29, 1.82) is 0 Å². The maximum absolute atomic E-state index is 4.63. The Labute approximate surface area is 124 Å². The van der Waals surface area contributed by atoms with Gasteiger partial charge in [-0.05, 0) is 37.1 Å². The van der Waals surface area contributed by atoms with Gasteiger partial charge >= 0.3 is 0 Å². The fourth-order valence-electron chi connectivity index (χ4n) is 2.30. The monoisotopic (exact) mass is 275 g/mol. The fraction of sp³-hybridized carbons (Fsp3) is 0.222. The Balaban J connectivity index is 1.71. The predicted octanol–water partition coefficient (Wildman–Crippen LogP) is 3.33. The third kappa shape index (κ3) is 3.11. The van der Waals surface area contributed by atoms with Crippen LogP contribution in [0.15, 0.2) is 42.7 Å². The molecule has 0 bridgehead atoms. The highest BCUT2D eigenvalue weighted by Crippen LogP contribution is 2.09. The van der Waals surface area contributed by atoms with Gasteiger partial charge in [-0.1, -0.05) is 24.0 Å². The summed E-state index contributed by atoms with van der Waals surface area (Å²) < 4.78 is 1.80. The molecule has 0 aliphatic rings. The summed E-state index contributed by atoms with van der Waals surface area (Å²) in [5.74, 6) is 6.45. The van der Waals surface area contributed by atoms with E-state index in [0.29, 0.717) is 0 Å². The first-order valence-electron chi connectivity index (χ1n) is 7.08. The lowest BCUT2D eigenvalue weighted by Gasteiger charge is -2.03. The zero-order valence-electron chi connectivity index (χ0n) is 12.3. The second kappa shape index (κ2) is 5.80. The lowest BCUT2D eigenvalue weighted by atomic mass is 10.1. The smallest absolute Gasteiger partial charge is 0.155 e. The number of nitrogens with zero attached hydrogens (tertiary/aromatic N) is 3. The van der Waals surface area contributed by atoms with E-state index in [0.717, 1.165) is 35.3 Å². The molecule has 2 aromatic heterocycles. The third-order valence-corrected chi connectivity index (χ3v) is 3.41. The molecule has 0 atom stereocenters. The van der Waals surface area contributed by atoms with Crippen molar-refractivity contribution >= 4 is 5.65 Å². The van der Waals surface area contributed by atoms with Crippen molar-refractivity contribution in [3.63, 3.8) is 0 Å². The molecule has 2 heterocycles. The SMILES string of the molecule is Cc1cccc(C#CCCc2nc3ccnn3cc2C)c1. The molecule has 1 aromatic carbocycles. The molecule has 104 valence electrons. The lowest BCUT2D eigenvalue weighted by molar-refractivity contribution is 0.877. The van der Waals surface area contributed by atoms with Crippen LogP contribution in [0.1, 0.15) is 28.8 Å². The van der Waals surface area contributed by atoms with Crippen LogP contribution in [0.3, 0.4) is 0 Å². The topological polar surface area (TPSA) is 30.2 Å². The van der Waals surface area contributed by atoms with Crippen molar-refractivity contribution in [3.8, 4) is 11.8 Å². The van der Waals surface area contributed by atoms with E-state index in [-0.39, 0.29) is 0 Å². The Morgan fingerprint density at radius 2 is 2.10 bits per heavy atom. The van der Waals surface area contributed by atoms with E-state index in [1.54, 1.807) is 10.7 Å². The molecule has 0 unspecified atom stereocenters. The zero-order valence-corrected chi connectivity index (χ0v) is 12.3. The molecule has 0 N–H and O–H groups in total. The molecule has 0 saturated heterocycles. The van der Waals surface area contributed by atoms with Crippen LogP contribution in [0.2, 0.25) is 0 Å². The van der Waals surface area contributed by atoms with Crippen LogP contribution in [0.4, 0.5) is 0 Å². The second-order valence-corrected chi connectivity index (χ2v) is 5.18. The van der Waals surface area contributed by atoms with Crippen molar-refractivity contribution in [2.24, 2.45) is 0 Å². The highest BCUT2D eigenvalue weighted by molar-refractivity contribution is 5.39. The van der Waals surface area contributed by atoms with Gasteiger partial charge in [-0.2, -0.15) is 5.10 Å². The van der Waals surface area contributed by atoms with Gasteiger partial charge in [-0.3, -0.25) is 0 Å². The number of fused-ring (bicyclic) bond motifs is 1. The molecule has 3 aromatic rings. The Hall–Kier alpha value is -2.60. The van der Waals surface area contributed by atoms with Gasteiger partial charge in [0.2, 0.25) is 0 Å². The molecule has 0 saturated carbocycles. The molecule has 0 amide bonds. The van der Waals surface area contributed by atoms with Gasteiger partial charge in [0, 0.05) is 36.4 Å². The van der Waals surface area contributed by atoms with Gasteiger partial charge in [-0.15, -0.1) is 0 Å². The molecular weight excluding hydrogens is 258 g/mol. The van der Waals surface area contributed by atoms with Crippen molar-refractivity contribution in [2.75, 3.05) is 0 Å². The molecule has 3 nitrogen and oxygen atoms in total. The van der Waals surface area contributed by atoms with Crippen LogP contribution < -0.4 is 0 Å². The Morgan fingerprint density at radius 1 is 1.19 bits per heavy atom. The molecule has 3 rings (SSSR count). The normalized spacial score (nSPS) is 10.4. The average molecular weight is 275 g/mol. The maximum atomic E-state index is 4.63. The van der Waals surface area contributed by atoms with E-state index < -0.39 is 0 Å². The van der Waals surface area contributed by atoms with Crippen molar-refractivity contribution in [2.45, 2.75) is 26.7 Å². The highest BCUT2D eigenvalue weighted by atomic mass is 15.2. The number of benzene rings is 1. The van der Waals surface area contributed by atoms with Crippen LogP contribution in [0.5, 0.6) is 0 Å². The Kier molecular flexibility index (Phi) is 3.70. The summed E-state index contributed by atoms with van der Waals surface area (Å²) in [5.41, 5.74) is 5.46. The first-order chi connectivity index (χ1) is 10.2. The van der Waals surface area contributed by atoms with Crippen LogP contribution in [-0.4, -0.2) is 14.6 Å². The molecule has 0 radical (unpaired) electrons. The van der Waals surface area contributed by atoms with E-state index in [1.807, 2.05) is 24.4 Å². The maximum Gasteiger partial charge on any atom is 0.155 e. The quantitative estimate of drug-likeness (QED) is 0.672. The van der Waals surface area contributed by atoms with Gasteiger partial charge < -0.3 is 0 Å². The molecule has 0 aliphatic heterocycles. The van der Waals surface area contributed by atoms with Gasteiger partial charge in [-0.25, -0.2) is 9.50 Å². The first-order valence-corrected chi connectivity index (χ1v) is 7.08. The van der Waals surface area contributed by atoms with Crippen molar-refractivity contribution in [3.05, 3.63) is 65.1 Å². The largest absolute Gasteiger partial charge is 0.233 e. The van der Waals surface area contributed by atoms with E-state index in [4.69, 9.17) is 0 Å². The van der Waals surface area contributed by atoms with E-state index in [1.165, 1.54) is 5.56 Å². The highest BCUT2D eigenvalue weighted by Gasteiger charge is 2.03. The fourth-order valence-corrected chi connectivity index (χ4v) is 2.30. The summed E-state index contributed by atoms with van der Waals surface area (Å²) in [4.78, 5) is 4.63. The zero-order chi connectivity index (χ0) is 14.7. The van der Waals surface area contributed by atoms with E-state index in [9.17, 15) is 0 Å². The number of hydrogen-bond acceptors (Lipinski definition) is 2. The van der Waals surface area contributed by atoms with Gasteiger partial charge in [0.1, 0.15) is 0 Å². The third-order valence-electron chi connectivity index (χ3n) is 3.41. The Bertz CT molecular complexity index is 834. The minimum absolute atomic E-state index is 0.812. The minimum Gasteiger partial charge on any atom is -0.233 e. The predicted molar refractivity (Wildman–Crippen MR) is 84.1 cm³/mol. The van der Waals surface area contributed by atoms with Gasteiger partial charge in [0.25, 0.3) is 0 Å². The summed E-state index contributed by atoms with van der Waals surface area (Å²) in [7, 11) is 0. The summed E-state index contributed by atoms with van der Waals surface area (Å²) in [5, 5.41) is 4.19. The Morgan fingerprint density at radius 3 is 2.95 bits per heavy atom. The van der Waals surface area contributed by atoms with Crippen LogP contribution in [0.25, 0.3) is 5.65 Å². The number of aromatic nitrogens is 3. The lowest BCUT2D eigenvalue weighted by Crippen LogP contribution is -1.99. The summed E-state index contributed by atoms with van der Waals surface area (Å²) in [6.45, 7) is 4.15. The van der Waals surface area contributed by atoms with Crippen LogP contribution >= 0.6 is 0 Å². The molecule has 0 fully saturated rings. The first kappa shape index (κ1) is 13.4. The van der Waals surface area contributed by atoms with Crippen LogP contribution in [0, 0.1) is 25.7 Å². The number of rotatable bonds is 2. The summed E-state index contributed by atoms with van der Waals surface area (Å²) >= 11 is 0. The number of aryl methyl sites for hydroxylation is 3. The van der Waals surface area contributed by atoms with E-state index >= 15 is 0 Å². The molecule has 0 aliphatic carbocycles. The molecule has 21 heavy (non-hydrogen) atoms. The summed E-state index contributed by atoms with van der Waals surface area (Å²) in [6.07, 6.45) is 5.47. The molecule has 3 heteroatoms. The van der Waals surface area contributed by atoms with E-state index in [2.05, 4.69) is 47.9 Å². The molecular formula is C18H17N3. The minimum atomic E-state index is 0.812. The summed E-state index contributed by atoms with van der Waals surface area (Å²) in [6, 6.07) is 10.2.